The molecule has 0 aromatic carbocycles. The van der Waals surface area contributed by atoms with Crippen molar-refractivity contribution in [2.75, 3.05) is 24.8 Å². The zero-order valence-electron chi connectivity index (χ0n) is 16.6. The molecule has 1 aliphatic rings. The molecule has 0 aliphatic carbocycles. The molecule has 0 bridgehead atoms. The number of aromatic nitrogens is 4. The second-order valence-corrected chi connectivity index (χ2v) is 5.92. The van der Waals surface area contributed by atoms with Crippen LogP contribution in [0, 0.1) is 0 Å². The van der Waals surface area contributed by atoms with E-state index in [0.29, 0.717) is 5.70 Å². The van der Waals surface area contributed by atoms with Gasteiger partial charge in [-0.05, 0) is 12.2 Å². The number of methoxy groups -OCH3 is 1. The highest BCUT2D eigenvalue weighted by Gasteiger charge is 2.22. The van der Waals surface area contributed by atoms with Gasteiger partial charge < -0.3 is 20.7 Å². The van der Waals surface area contributed by atoms with Crippen LogP contribution in [0.5, 0.6) is 5.88 Å². The lowest BCUT2D eigenvalue weighted by atomic mass is 10.3. The fraction of sp³-hybridized carbons (Fsp3) is 0.158. The minimum atomic E-state index is -0.596. The molecule has 3 heterocycles. The SMILES string of the molecule is CNC(=O)c1c(NC(=O)c2nc(OC)cnc2NC2=C/C=C/C=C/N=C2)cnn1C. The molecular formula is C19H20N8O3. The third kappa shape index (κ3) is 4.58. The minimum Gasteiger partial charge on any atom is -0.480 e. The van der Waals surface area contributed by atoms with E-state index in [1.807, 2.05) is 12.2 Å². The first-order valence-corrected chi connectivity index (χ1v) is 8.83. The molecule has 0 fully saturated rings. The van der Waals surface area contributed by atoms with Crippen LogP contribution < -0.4 is 20.7 Å². The van der Waals surface area contributed by atoms with Crippen molar-refractivity contribution >= 4 is 29.5 Å². The van der Waals surface area contributed by atoms with Gasteiger partial charge in [0.15, 0.2) is 11.5 Å². The maximum atomic E-state index is 13.0. The van der Waals surface area contributed by atoms with E-state index >= 15 is 0 Å². The number of carbonyl (C=O) groups excluding carboxylic acids is 2. The Hall–Kier alpha value is -4.28. The largest absolute Gasteiger partial charge is 0.480 e. The van der Waals surface area contributed by atoms with Crippen LogP contribution >= 0.6 is 0 Å². The van der Waals surface area contributed by atoms with Crippen molar-refractivity contribution in [1.29, 1.82) is 0 Å². The number of ether oxygens (including phenoxy) is 1. The highest BCUT2D eigenvalue weighted by atomic mass is 16.5. The van der Waals surface area contributed by atoms with Gasteiger partial charge in [-0.3, -0.25) is 19.3 Å². The first kappa shape index (κ1) is 20.5. The van der Waals surface area contributed by atoms with Gasteiger partial charge in [-0.1, -0.05) is 12.2 Å². The maximum absolute atomic E-state index is 13.0. The number of carbonyl (C=O) groups is 2. The van der Waals surface area contributed by atoms with Crippen LogP contribution in [0.2, 0.25) is 0 Å². The van der Waals surface area contributed by atoms with E-state index in [2.05, 4.69) is 36.0 Å². The summed E-state index contributed by atoms with van der Waals surface area (Å²) in [6.45, 7) is 0. The van der Waals surface area contributed by atoms with Crippen LogP contribution in [-0.4, -0.2) is 51.9 Å². The average Bonchev–Trinajstić information content (AvgIpc) is 3.09. The first-order chi connectivity index (χ1) is 14.5. The molecule has 30 heavy (non-hydrogen) atoms. The molecular weight excluding hydrogens is 388 g/mol. The number of amides is 2. The Morgan fingerprint density at radius 1 is 1.13 bits per heavy atom. The van der Waals surface area contributed by atoms with Crippen LogP contribution in [-0.2, 0) is 7.05 Å². The molecule has 0 spiro atoms. The third-order valence-electron chi connectivity index (χ3n) is 3.95. The summed E-state index contributed by atoms with van der Waals surface area (Å²) in [5, 5.41) is 12.2. The fourth-order valence-electron chi connectivity index (χ4n) is 2.52. The molecule has 0 saturated heterocycles. The summed E-state index contributed by atoms with van der Waals surface area (Å²) in [7, 11) is 4.51. The molecule has 11 heteroatoms. The summed E-state index contributed by atoms with van der Waals surface area (Å²) in [5.74, 6) is -0.641. The van der Waals surface area contributed by atoms with Gasteiger partial charge in [0.05, 0.1) is 37.1 Å². The van der Waals surface area contributed by atoms with Gasteiger partial charge >= 0.3 is 0 Å². The van der Waals surface area contributed by atoms with Gasteiger partial charge in [-0.2, -0.15) is 5.10 Å². The standard InChI is InChI=1S/C19H20N8O3/c1-20-19(29)16-13(10-23-27(16)2)25-18(28)15-17(22-11-14(26-15)30-3)24-12-7-5-4-6-8-21-9-12/h4-11H,1-3H3,(H,20,29)(H,22,24)(H,25,28)/b5-4+,6-4?,7-5?,8-6+,12-7?,12-9?,21-8?,21-9?. The van der Waals surface area contributed by atoms with Gasteiger partial charge in [-0.25, -0.2) is 9.97 Å². The van der Waals surface area contributed by atoms with Gasteiger partial charge in [-0.15, -0.1) is 0 Å². The van der Waals surface area contributed by atoms with Gasteiger partial charge in [0.25, 0.3) is 11.8 Å². The Morgan fingerprint density at radius 2 is 1.97 bits per heavy atom. The molecule has 3 rings (SSSR count). The number of rotatable bonds is 6. The normalized spacial score (nSPS) is 14.7. The molecule has 0 atom stereocenters. The predicted octanol–water partition coefficient (Wildman–Crippen LogP) is 1.28. The number of nitrogens with zero attached hydrogens (tertiary/aromatic N) is 5. The quantitative estimate of drug-likeness (QED) is 0.655. The van der Waals surface area contributed by atoms with Crippen molar-refractivity contribution in [3.05, 3.63) is 60.0 Å². The van der Waals surface area contributed by atoms with Crippen LogP contribution in [0.25, 0.3) is 0 Å². The monoisotopic (exact) mass is 408 g/mol. The second kappa shape index (κ2) is 9.28. The second-order valence-electron chi connectivity index (χ2n) is 5.92. The number of anilines is 2. The molecule has 154 valence electrons. The summed E-state index contributed by atoms with van der Waals surface area (Å²) in [6.07, 6.45) is 13.2. The Kier molecular flexibility index (Phi) is 6.33. The van der Waals surface area contributed by atoms with Crippen molar-refractivity contribution in [3.8, 4) is 5.88 Å². The van der Waals surface area contributed by atoms with Crippen molar-refractivity contribution in [1.82, 2.24) is 25.1 Å². The van der Waals surface area contributed by atoms with Crippen molar-refractivity contribution < 1.29 is 14.3 Å². The smallest absolute Gasteiger partial charge is 0.278 e. The molecule has 2 amide bonds. The van der Waals surface area contributed by atoms with Crippen LogP contribution in [0.1, 0.15) is 21.0 Å². The third-order valence-corrected chi connectivity index (χ3v) is 3.95. The molecule has 2 aromatic rings. The van der Waals surface area contributed by atoms with E-state index in [-0.39, 0.29) is 28.8 Å². The van der Waals surface area contributed by atoms with Crippen LogP contribution in [0.4, 0.5) is 11.5 Å². The summed E-state index contributed by atoms with van der Waals surface area (Å²) >= 11 is 0. The van der Waals surface area contributed by atoms with Crippen molar-refractivity contribution in [2.24, 2.45) is 12.0 Å². The van der Waals surface area contributed by atoms with E-state index in [1.165, 1.54) is 31.2 Å². The summed E-state index contributed by atoms with van der Waals surface area (Å²) < 4.78 is 6.46. The van der Waals surface area contributed by atoms with Gasteiger partial charge in [0.2, 0.25) is 5.88 Å². The number of allylic oxidation sites excluding steroid dienone is 5. The highest BCUT2D eigenvalue weighted by molar-refractivity contribution is 6.09. The topological polar surface area (TPSA) is 135 Å². The maximum Gasteiger partial charge on any atom is 0.278 e. The summed E-state index contributed by atoms with van der Waals surface area (Å²) in [5.41, 5.74) is 0.994. The van der Waals surface area contributed by atoms with E-state index in [9.17, 15) is 9.59 Å². The zero-order valence-corrected chi connectivity index (χ0v) is 16.6. The first-order valence-electron chi connectivity index (χ1n) is 8.83. The predicted molar refractivity (Wildman–Crippen MR) is 112 cm³/mol. The van der Waals surface area contributed by atoms with E-state index < -0.39 is 11.8 Å². The molecule has 0 radical (unpaired) electrons. The number of hydrogen-bond donors (Lipinski definition) is 3. The van der Waals surface area contributed by atoms with Crippen LogP contribution in [0.15, 0.2) is 53.6 Å². The van der Waals surface area contributed by atoms with Crippen molar-refractivity contribution in [3.63, 3.8) is 0 Å². The molecule has 0 unspecified atom stereocenters. The number of nitrogens with one attached hydrogen (secondary N) is 3. The Balaban J connectivity index is 1.93. The van der Waals surface area contributed by atoms with Crippen molar-refractivity contribution in [2.45, 2.75) is 0 Å². The van der Waals surface area contributed by atoms with Gasteiger partial charge in [0.1, 0.15) is 5.69 Å². The lowest BCUT2D eigenvalue weighted by Crippen LogP contribution is -2.24. The Labute approximate surface area is 172 Å². The van der Waals surface area contributed by atoms with Crippen LogP contribution in [0.3, 0.4) is 0 Å². The highest BCUT2D eigenvalue weighted by Crippen LogP contribution is 2.20. The fourth-order valence-corrected chi connectivity index (χ4v) is 2.52. The number of aryl methyl sites for hydroxylation is 1. The summed E-state index contributed by atoms with van der Waals surface area (Å²) in [6, 6.07) is 0. The molecule has 2 aromatic heterocycles. The molecule has 11 nitrogen and oxygen atoms in total. The number of hydrogen-bond acceptors (Lipinski definition) is 8. The molecule has 1 aliphatic heterocycles. The molecule has 0 saturated carbocycles. The van der Waals surface area contributed by atoms with Gasteiger partial charge in [0, 0.05) is 20.3 Å². The lowest BCUT2D eigenvalue weighted by molar-refractivity contribution is 0.0954. The minimum absolute atomic E-state index is 0.0306. The van der Waals surface area contributed by atoms with E-state index in [0.717, 1.165) is 0 Å². The summed E-state index contributed by atoms with van der Waals surface area (Å²) in [4.78, 5) is 37.6. The molecule has 3 N–H and O–H groups in total. The van der Waals surface area contributed by atoms with E-state index in [1.54, 1.807) is 31.6 Å². The zero-order chi connectivity index (χ0) is 21.5. The number of aliphatic imine (C=N–C) groups is 1. The average molecular weight is 408 g/mol. The lowest BCUT2D eigenvalue weighted by Gasteiger charge is -2.12. The van der Waals surface area contributed by atoms with E-state index in [4.69, 9.17) is 4.74 Å². The Morgan fingerprint density at radius 3 is 2.73 bits per heavy atom. The Bertz CT molecular complexity index is 1080.